The van der Waals surface area contributed by atoms with E-state index in [0.29, 0.717) is 24.1 Å². The van der Waals surface area contributed by atoms with Crippen molar-refractivity contribution < 1.29 is 4.79 Å². The average molecular weight is 460 g/mol. The Bertz CT molecular complexity index is 1090. The molecule has 1 amide bonds. The second kappa shape index (κ2) is 9.75. The van der Waals surface area contributed by atoms with E-state index in [-0.39, 0.29) is 18.0 Å². The molecule has 3 heterocycles. The predicted molar refractivity (Wildman–Crippen MR) is 134 cm³/mol. The molecule has 0 unspecified atom stereocenters. The average Bonchev–Trinajstić information content (AvgIpc) is 3.59. The van der Waals surface area contributed by atoms with Gasteiger partial charge in [0.25, 0.3) is 0 Å². The molecule has 1 aliphatic carbocycles. The first kappa shape index (κ1) is 21.6. The molecule has 2 fully saturated rings. The van der Waals surface area contributed by atoms with Gasteiger partial charge in [-0.15, -0.1) is 0 Å². The van der Waals surface area contributed by atoms with Crippen LogP contribution < -0.4 is 10.6 Å². The van der Waals surface area contributed by atoms with E-state index in [9.17, 15) is 4.79 Å². The van der Waals surface area contributed by atoms with Crippen LogP contribution in [0.25, 0.3) is 0 Å². The van der Waals surface area contributed by atoms with E-state index < -0.39 is 0 Å². The van der Waals surface area contributed by atoms with Gasteiger partial charge in [0.05, 0.1) is 17.8 Å². The highest BCUT2D eigenvalue weighted by Gasteiger charge is 2.41. The number of carbonyl (C=O) groups excluding carboxylic acids is 1. The highest BCUT2D eigenvalue weighted by molar-refractivity contribution is 7.80. The smallest absolute Gasteiger partial charge is 0.226 e. The van der Waals surface area contributed by atoms with Crippen LogP contribution >= 0.6 is 12.2 Å². The van der Waals surface area contributed by atoms with E-state index >= 15 is 0 Å². The molecular weight excluding hydrogens is 430 g/mol. The first-order valence-electron chi connectivity index (χ1n) is 11.7. The molecule has 0 bridgehead atoms. The van der Waals surface area contributed by atoms with Gasteiger partial charge in [0, 0.05) is 42.8 Å². The standard InChI is InChI=1S/C26H29N5OS/c32-23(28-19-9-2-1-3-10-19)15-18-31-25(22-14-8-17-30(22)20-11-4-5-12-20)24(29-26(31)33)21-13-6-7-16-27-21/h1-3,6-10,13-14,16-17,20,24-25H,4-5,11-12,15,18H2,(H,28,32)(H,29,33)/t24-,25+/m0/s1. The summed E-state index contributed by atoms with van der Waals surface area (Å²) in [5, 5.41) is 7.15. The largest absolute Gasteiger partial charge is 0.352 e. The summed E-state index contributed by atoms with van der Waals surface area (Å²) >= 11 is 5.77. The lowest BCUT2D eigenvalue weighted by atomic mass is 10.0. The van der Waals surface area contributed by atoms with Crippen molar-refractivity contribution in [3.63, 3.8) is 0 Å². The Hall–Kier alpha value is -3.19. The maximum Gasteiger partial charge on any atom is 0.226 e. The molecule has 33 heavy (non-hydrogen) atoms. The number of hydrogen-bond donors (Lipinski definition) is 2. The summed E-state index contributed by atoms with van der Waals surface area (Å²) in [6.45, 7) is 0.536. The Morgan fingerprint density at radius 2 is 1.85 bits per heavy atom. The molecule has 2 aliphatic rings. The molecule has 6 nitrogen and oxygen atoms in total. The lowest BCUT2D eigenvalue weighted by Gasteiger charge is -2.30. The van der Waals surface area contributed by atoms with E-state index in [1.807, 2.05) is 54.7 Å². The highest BCUT2D eigenvalue weighted by Crippen LogP contribution is 2.41. The fourth-order valence-corrected chi connectivity index (χ4v) is 5.44. The maximum atomic E-state index is 12.7. The number of para-hydroxylation sites is 1. The van der Waals surface area contributed by atoms with E-state index in [1.54, 1.807) is 0 Å². The van der Waals surface area contributed by atoms with E-state index in [1.165, 1.54) is 31.4 Å². The quantitative estimate of drug-likeness (QED) is 0.487. The number of thiocarbonyl (C=S) groups is 1. The van der Waals surface area contributed by atoms with Gasteiger partial charge in [0.2, 0.25) is 5.91 Å². The summed E-state index contributed by atoms with van der Waals surface area (Å²) in [6, 6.07) is 20.3. The summed E-state index contributed by atoms with van der Waals surface area (Å²) in [5.74, 6) is -0.0183. The van der Waals surface area contributed by atoms with Crippen molar-refractivity contribution in [2.75, 3.05) is 11.9 Å². The van der Waals surface area contributed by atoms with Gasteiger partial charge < -0.3 is 20.1 Å². The number of hydrogen-bond acceptors (Lipinski definition) is 3. The van der Waals surface area contributed by atoms with Crippen molar-refractivity contribution in [2.45, 2.75) is 50.2 Å². The van der Waals surface area contributed by atoms with Crippen molar-refractivity contribution in [3.05, 3.63) is 84.4 Å². The summed E-state index contributed by atoms with van der Waals surface area (Å²) in [6.07, 6.45) is 9.34. The van der Waals surface area contributed by atoms with Gasteiger partial charge in [-0.1, -0.05) is 37.1 Å². The Balaban J connectivity index is 1.40. The van der Waals surface area contributed by atoms with Gasteiger partial charge in [0.15, 0.2) is 5.11 Å². The monoisotopic (exact) mass is 459 g/mol. The first-order chi connectivity index (χ1) is 16.2. The van der Waals surface area contributed by atoms with Gasteiger partial charge in [0.1, 0.15) is 0 Å². The molecule has 2 atom stereocenters. The lowest BCUT2D eigenvalue weighted by Crippen LogP contribution is -2.33. The summed E-state index contributed by atoms with van der Waals surface area (Å²) in [7, 11) is 0. The fourth-order valence-electron chi connectivity index (χ4n) is 5.11. The zero-order valence-corrected chi connectivity index (χ0v) is 19.4. The zero-order valence-electron chi connectivity index (χ0n) is 18.6. The number of nitrogens with one attached hydrogen (secondary N) is 2. The molecule has 2 N–H and O–H groups in total. The van der Waals surface area contributed by atoms with Crippen LogP contribution in [0.3, 0.4) is 0 Å². The minimum Gasteiger partial charge on any atom is -0.352 e. The molecule has 5 rings (SSSR count). The SMILES string of the molecule is O=C(CCN1C(=S)N[C@@H](c2ccccn2)[C@H]1c1cccn1C1CCCC1)Nc1ccccc1. The molecular formula is C26H29N5OS. The van der Waals surface area contributed by atoms with Crippen LogP contribution in [0.1, 0.15) is 61.6 Å². The van der Waals surface area contributed by atoms with Gasteiger partial charge in [-0.3, -0.25) is 9.78 Å². The molecule has 1 saturated carbocycles. The second-order valence-electron chi connectivity index (χ2n) is 8.76. The zero-order chi connectivity index (χ0) is 22.6. The number of anilines is 1. The third kappa shape index (κ3) is 4.64. The van der Waals surface area contributed by atoms with Crippen LogP contribution in [0.15, 0.2) is 73.1 Å². The predicted octanol–water partition coefficient (Wildman–Crippen LogP) is 5.00. The van der Waals surface area contributed by atoms with Crippen molar-refractivity contribution in [3.8, 4) is 0 Å². The summed E-state index contributed by atoms with van der Waals surface area (Å²) in [5.41, 5.74) is 3.00. The normalized spacial score (nSPS) is 20.7. The summed E-state index contributed by atoms with van der Waals surface area (Å²) in [4.78, 5) is 19.5. The topological polar surface area (TPSA) is 62.2 Å². The Morgan fingerprint density at radius 3 is 2.61 bits per heavy atom. The van der Waals surface area contributed by atoms with Crippen LogP contribution in [0.2, 0.25) is 0 Å². The van der Waals surface area contributed by atoms with Crippen LogP contribution in [0.4, 0.5) is 5.69 Å². The third-order valence-corrected chi connectivity index (χ3v) is 7.02. The highest BCUT2D eigenvalue weighted by atomic mass is 32.1. The number of amides is 1. The molecule has 2 aromatic heterocycles. The minimum absolute atomic E-state index is 0.0183. The van der Waals surface area contributed by atoms with Gasteiger partial charge in [-0.05, 0) is 61.5 Å². The first-order valence-corrected chi connectivity index (χ1v) is 12.1. The fraction of sp³-hybridized carbons (Fsp3) is 0.346. The van der Waals surface area contributed by atoms with Gasteiger partial charge in [-0.25, -0.2) is 0 Å². The molecule has 1 aliphatic heterocycles. The summed E-state index contributed by atoms with van der Waals surface area (Å²) < 4.78 is 2.43. The van der Waals surface area contributed by atoms with E-state index in [2.05, 4.69) is 43.4 Å². The van der Waals surface area contributed by atoms with E-state index in [4.69, 9.17) is 12.2 Å². The number of benzene rings is 1. The number of rotatable bonds is 7. The molecule has 0 radical (unpaired) electrons. The Morgan fingerprint density at radius 1 is 1.06 bits per heavy atom. The number of pyridine rings is 1. The van der Waals surface area contributed by atoms with Crippen molar-refractivity contribution >= 4 is 28.9 Å². The molecule has 1 aromatic carbocycles. The van der Waals surface area contributed by atoms with Crippen LogP contribution in [-0.2, 0) is 4.79 Å². The molecule has 170 valence electrons. The van der Waals surface area contributed by atoms with Crippen LogP contribution in [0.5, 0.6) is 0 Å². The van der Waals surface area contributed by atoms with Crippen molar-refractivity contribution in [2.24, 2.45) is 0 Å². The van der Waals surface area contributed by atoms with Crippen molar-refractivity contribution in [1.82, 2.24) is 19.8 Å². The van der Waals surface area contributed by atoms with Crippen LogP contribution in [-0.4, -0.2) is 32.0 Å². The maximum absolute atomic E-state index is 12.7. The van der Waals surface area contributed by atoms with Gasteiger partial charge >= 0.3 is 0 Å². The Kier molecular flexibility index (Phi) is 6.39. The minimum atomic E-state index is -0.0639. The van der Waals surface area contributed by atoms with Crippen molar-refractivity contribution in [1.29, 1.82) is 0 Å². The number of aromatic nitrogens is 2. The molecule has 3 aromatic rings. The lowest BCUT2D eigenvalue weighted by molar-refractivity contribution is -0.116. The molecule has 1 saturated heterocycles. The second-order valence-corrected chi connectivity index (χ2v) is 9.15. The third-order valence-electron chi connectivity index (χ3n) is 6.67. The number of carbonyl (C=O) groups is 1. The van der Waals surface area contributed by atoms with Crippen LogP contribution in [0, 0.1) is 0 Å². The van der Waals surface area contributed by atoms with E-state index in [0.717, 1.165) is 11.4 Å². The number of nitrogens with zero attached hydrogens (tertiary/aromatic N) is 3. The molecule has 0 spiro atoms. The van der Waals surface area contributed by atoms with Gasteiger partial charge in [-0.2, -0.15) is 0 Å². The molecule has 7 heteroatoms. The Labute approximate surface area is 200 Å².